The van der Waals surface area contributed by atoms with E-state index in [1.807, 2.05) is 42.5 Å². The van der Waals surface area contributed by atoms with Crippen LogP contribution in [-0.2, 0) is 14.2 Å². The van der Waals surface area contributed by atoms with Gasteiger partial charge in [-0.25, -0.2) is 19.2 Å². The van der Waals surface area contributed by atoms with E-state index in [9.17, 15) is 9.18 Å². The van der Waals surface area contributed by atoms with Crippen LogP contribution >= 0.6 is 0 Å². The van der Waals surface area contributed by atoms with Gasteiger partial charge in [-0.2, -0.15) is 0 Å². The number of carbonyl (C=O) groups excluding carboxylic acids is 1. The largest absolute Gasteiger partial charge is 0.441 e. The van der Waals surface area contributed by atoms with E-state index in [-0.39, 0.29) is 24.6 Å². The Morgan fingerprint density at radius 2 is 1.81 bits per heavy atom. The van der Waals surface area contributed by atoms with Crippen molar-refractivity contribution >= 4 is 28.5 Å². The molecule has 0 bridgehead atoms. The van der Waals surface area contributed by atoms with Gasteiger partial charge in [0.1, 0.15) is 18.0 Å². The molecule has 6 rings (SSSR count). The second-order valence-electron chi connectivity index (χ2n) is 8.72. The zero-order chi connectivity index (χ0) is 24.5. The van der Waals surface area contributed by atoms with Gasteiger partial charge in [-0.05, 0) is 29.7 Å². The third-order valence-corrected chi connectivity index (χ3v) is 6.38. The SMILES string of the molecule is O=C(Nc1cccc2ccccc12)O[C@H]1CO[C@@H]2[C@@H]1OC[C@@H]2Nc1nccc(-c2cccc(F)c2)n1. The number of aromatic nitrogens is 2. The van der Waals surface area contributed by atoms with Crippen LogP contribution in [0.15, 0.2) is 79.0 Å². The van der Waals surface area contributed by atoms with E-state index in [2.05, 4.69) is 20.6 Å². The fourth-order valence-electron chi connectivity index (χ4n) is 4.70. The lowest BCUT2D eigenvalue weighted by atomic mass is 10.1. The molecule has 0 saturated carbocycles. The van der Waals surface area contributed by atoms with Gasteiger partial charge in [-0.15, -0.1) is 0 Å². The topological polar surface area (TPSA) is 94.6 Å². The van der Waals surface area contributed by atoms with Crippen LogP contribution in [-0.4, -0.2) is 53.6 Å². The highest BCUT2D eigenvalue weighted by Gasteiger charge is 2.49. The molecular formula is C27H23FN4O4. The number of ether oxygens (including phenoxy) is 3. The molecule has 36 heavy (non-hydrogen) atoms. The number of benzene rings is 3. The Morgan fingerprint density at radius 1 is 0.972 bits per heavy atom. The molecule has 4 atom stereocenters. The van der Waals surface area contributed by atoms with Gasteiger partial charge in [-0.1, -0.05) is 48.5 Å². The number of rotatable bonds is 5. The molecule has 2 fully saturated rings. The van der Waals surface area contributed by atoms with Gasteiger partial charge in [0.2, 0.25) is 5.95 Å². The Labute approximate surface area is 206 Å². The molecule has 2 aliphatic heterocycles. The van der Waals surface area contributed by atoms with Crippen LogP contribution in [0.4, 0.5) is 20.8 Å². The Balaban J connectivity index is 1.09. The molecule has 0 aliphatic carbocycles. The van der Waals surface area contributed by atoms with Crippen LogP contribution in [0, 0.1) is 5.82 Å². The van der Waals surface area contributed by atoms with Gasteiger partial charge in [-0.3, -0.25) is 5.32 Å². The summed E-state index contributed by atoms with van der Waals surface area (Å²) in [5.41, 5.74) is 1.93. The van der Waals surface area contributed by atoms with E-state index >= 15 is 0 Å². The Morgan fingerprint density at radius 3 is 2.72 bits per heavy atom. The second kappa shape index (κ2) is 9.52. The quantitative estimate of drug-likeness (QED) is 0.425. The monoisotopic (exact) mass is 486 g/mol. The van der Waals surface area contributed by atoms with Gasteiger partial charge in [0.15, 0.2) is 6.10 Å². The predicted octanol–water partition coefficient (Wildman–Crippen LogP) is 4.63. The lowest BCUT2D eigenvalue weighted by molar-refractivity contribution is 0.00917. The zero-order valence-electron chi connectivity index (χ0n) is 19.1. The number of nitrogens with one attached hydrogen (secondary N) is 2. The summed E-state index contributed by atoms with van der Waals surface area (Å²) in [6.07, 6.45) is -0.237. The molecule has 0 unspecified atom stereocenters. The number of hydrogen-bond donors (Lipinski definition) is 2. The average Bonchev–Trinajstić information content (AvgIpc) is 3.48. The van der Waals surface area contributed by atoms with Gasteiger partial charge < -0.3 is 19.5 Å². The number of carbonyl (C=O) groups is 1. The fraction of sp³-hybridized carbons (Fsp3) is 0.222. The molecule has 9 heteroatoms. The summed E-state index contributed by atoms with van der Waals surface area (Å²) in [5.74, 6) is 0.0511. The third kappa shape index (κ3) is 4.46. The van der Waals surface area contributed by atoms with Crippen LogP contribution in [0.1, 0.15) is 0 Å². The van der Waals surface area contributed by atoms with Gasteiger partial charge in [0.05, 0.1) is 30.6 Å². The minimum Gasteiger partial charge on any atom is -0.441 e. The summed E-state index contributed by atoms with van der Waals surface area (Å²) in [7, 11) is 0. The molecule has 1 amide bonds. The van der Waals surface area contributed by atoms with Crippen LogP contribution in [0.5, 0.6) is 0 Å². The molecule has 2 saturated heterocycles. The van der Waals surface area contributed by atoms with E-state index < -0.39 is 18.3 Å². The molecular weight excluding hydrogens is 463 g/mol. The lowest BCUT2D eigenvalue weighted by Crippen LogP contribution is -2.38. The predicted molar refractivity (Wildman–Crippen MR) is 132 cm³/mol. The highest BCUT2D eigenvalue weighted by Crippen LogP contribution is 2.31. The van der Waals surface area contributed by atoms with Crippen molar-refractivity contribution in [2.75, 3.05) is 23.8 Å². The summed E-state index contributed by atoms with van der Waals surface area (Å²) >= 11 is 0. The van der Waals surface area contributed by atoms with E-state index in [4.69, 9.17) is 14.2 Å². The lowest BCUT2D eigenvalue weighted by Gasteiger charge is -2.18. The molecule has 4 aromatic rings. The minimum absolute atomic E-state index is 0.223. The van der Waals surface area contributed by atoms with Crippen molar-refractivity contribution in [1.29, 1.82) is 0 Å². The summed E-state index contributed by atoms with van der Waals surface area (Å²) < 4.78 is 31.1. The van der Waals surface area contributed by atoms with Gasteiger partial charge >= 0.3 is 6.09 Å². The number of nitrogens with zero attached hydrogens (tertiary/aromatic N) is 2. The van der Waals surface area contributed by atoms with Crippen molar-refractivity contribution in [1.82, 2.24) is 9.97 Å². The van der Waals surface area contributed by atoms with Gasteiger partial charge in [0, 0.05) is 17.1 Å². The summed E-state index contributed by atoms with van der Waals surface area (Å²) in [5, 5.41) is 8.04. The smallest absolute Gasteiger partial charge is 0.412 e. The van der Waals surface area contributed by atoms with Gasteiger partial charge in [0.25, 0.3) is 0 Å². The summed E-state index contributed by atoms with van der Waals surface area (Å²) in [4.78, 5) is 21.4. The first kappa shape index (κ1) is 22.4. The first-order valence-electron chi connectivity index (χ1n) is 11.7. The van der Waals surface area contributed by atoms with Crippen molar-refractivity contribution in [2.24, 2.45) is 0 Å². The van der Waals surface area contributed by atoms with E-state index in [0.717, 1.165) is 10.8 Å². The van der Waals surface area contributed by atoms with Crippen molar-refractivity contribution in [3.8, 4) is 11.3 Å². The standard InChI is InChI=1S/C27H23FN4O4/c28-18-8-3-7-17(13-18)20-11-12-29-26(30-20)31-22-14-34-25-23(15-35-24(22)25)36-27(33)32-21-10-4-6-16-5-1-2-9-19(16)21/h1-13,22-25H,14-15H2,(H,32,33)(H,29,30,31)/t22-,23-,24-,25+/m0/s1. The van der Waals surface area contributed by atoms with E-state index in [0.29, 0.717) is 29.5 Å². The highest BCUT2D eigenvalue weighted by molar-refractivity contribution is 6.00. The zero-order valence-corrected chi connectivity index (χ0v) is 19.1. The molecule has 1 aromatic heterocycles. The Kier molecular flexibility index (Phi) is 5.92. The Hall–Kier alpha value is -4.08. The number of hydrogen-bond acceptors (Lipinski definition) is 7. The van der Waals surface area contributed by atoms with E-state index in [1.54, 1.807) is 24.4 Å². The van der Waals surface area contributed by atoms with Crippen LogP contribution in [0.3, 0.4) is 0 Å². The summed E-state index contributed by atoms with van der Waals surface area (Å²) in [6.45, 7) is 0.564. The normalized spacial score (nSPS) is 22.8. The fourth-order valence-corrected chi connectivity index (χ4v) is 4.70. The number of amides is 1. The van der Waals surface area contributed by atoms with Crippen molar-refractivity contribution in [3.63, 3.8) is 0 Å². The summed E-state index contributed by atoms with van der Waals surface area (Å²) in [6, 6.07) is 21.2. The van der Waals surface area contributed by atoms with E-state index in [1.165, 1.54) is 12.1 Å². The number of halogens is 1. The van der Waals surface area contributed by atoms with Crippen molar-refractivity contribution in [2.45, 2.75) is 24.4 Å². The molecule has 0 radical (unpaired) electrons. The maximum absolute atomic E-state index is 13.6. The third-order valence-electron chi connectivity index (χ3n) is 6.38. The van der Waals surface area contributed by atoms with Crippen molar-refractivity contribution in [3.05, 3.63) is 84.8 Å². The first-order valence-corrected chi connectivity index (χ1v) is 11.7. The molecule has 2 aliphatic rings. The van der Waals surface area contributed by atoms with Crippen LogP contribution in [0.2, 0.25) is 0 Å². The second-order valence-corrected chi connectivity index (χ2v) is 8.72. The van der Waals surface area contributed by atoms with Crippen molar-refractivity contribution < 1.29 is 23.4 Å². The number of fused-ring (bicyclic) bond motifs is 2. The maximum Gasteiger partial charge on any atom is 0.412 e. The molecule has 3 heterocycles. The maximum atomic E-state index is 13.6. The first-order chi connectivity index (χ1) is 17.6. The minimum atomic E-state index is -0.563. The molecule has 8 nitrogen and oxygen atoms in total. The molecule has 2 N–H and O–H groups in total. The average molecular weight is 487 g/mol. The highest BCUT2D eigenvalue weighted by atomic mass is 19.1. The molecule has 0 spiro atoms. The Bertz CT molecular complexity index is 1410. The number of anilines is 2. The van der Waals surface area contributed by atoms with Crippen LogP contribution < -0.4 is 10.6 Å². The van der Waals surface area contributed by atoms with Crippen LogP contribution in [0.25, 0.3) is 22.0 Å². The molecule has 182 valence electrons. The molecule has 3 aromatic carbocycles.